The lowest BCUT2D eigenvalue weighted by molar-refractivity contribution is -0.0500. The molecular weight excluding hydrogens is 555 g/mol. The SMILES string of the molecule is C[C@@H]1CN(c2cc(-c3c4cc(OS(=O)(=O)C(F)(F)F)ccc4nn3COCC[Si](C)(C)C)ncn2)C[C@H](C)O1. The molecule has 39 heavy (non-hydrogen) atoms. The minimum Gasteiger partial charge on any atom is -0.376 e. The number of anilines is 1. The van der Waals surface area contributed by atoms with Gasteiger partial charge in [-0.15, -0.1) is 0 Å². The van der Waals surface area contributed by atoms with Crippen LogP contribution < -0.4 is 9.08 Å². The maximum atomic E-state index is 12.9. The number of hydrogen-bond acceptors (Lipinski definition) is 9. The Hall–Kier alpha value is -2.75. The number of ether oxygens (including phenoxy) is 2. The fourth-order valence-electron chi connectivity index (χ4n) is 4.24. The third-order valence-corrected chi connectivity index (χ3v) is 8.73. The summed E-state index contributed by atoms with van der Waals surface area (Å²) in [6.07, 6.45) is 1.39. The molecule has 0 bridgehead atoms. The van der Waals surface area contributed by atoms with Crippen molar-refractivity contribution < 1.29 is 35.2 Å². The number of hydrogen-bond donors (Lipinski definition) is 0. The summed E-state index contributed by atoms with van der Waals surface area (Å²) in [4.78, 5) is 10.9. The first-order valence-electron chi connectivity index (χ1n) is 12.4. The fourth-order valence-corrected chi connectivity index (χ4v) is 5.45. The van der Waals surface area contributed by atoms with Gasteiger partial charge in [-0.05, 0) is 38.1 Å². The van der Waals surface area contributed by atoms with Crippen LogP contribution in [0.1, 0.15) is 13.8 Å². The second kappa shape index (κ2) is 11.0. The summed E-state index contributed by atoms with van der Waals surface area (Å²) in [6, 6.07) is 6.42. The molecule has 0 radical (unpaired) electrons. The molecule has 2 aromatic heterocycles. The first-order chi connectivity index (χ1) is 18.1. The van der Waals surface area contributed by atoms with Crippen LogP contribution in [0.3, 0.4) is 0 Å². The highest BCUT2D eigenvalue weighted by molar-refractivity contribution is 7.88. The molecule has 10 nitrogen and oxygen atoms in total. The van der Waals surface area contributed by atoms with E-state index in [1.54, 1.807) is 10.7 Å². The molecule has 0 spiro atoms. The fraction of sp³-hybridized carbons (Fsp3) is 0.542. The van der Waals surface area contributed by atoms with E-state index >= 15 is 0 Å². The average Bonchev–Trinajstić information content (AvgIpc) is 3.17. The number of alkyl halides is 3. The van der Waals surface area contributed by atoms with Crippen LogP contribution in [0.5, 0.6) is 5.75 Å². The van der Waals surface area contributed by atoms with Gasteiger partial charge >= 0.3 is 15.6 Å². The van der Waals surface area contributed by atoms with E-state index in [1.807, 2.05) is 13.8 Å². The van der Waals surface area contributed by atoms with E-state index < -0.39 is 29.4 Å². The Bertz CT molecular complexity index is 1420. The van der Waals surface area contributed by atoms with Crippen molar-refractivity contribution in [2.75, 3.05) is 24.6 Å². The maximum absolute atomic E-state index is 12.9. The molecule has 1 saturated heterocycles. The highest BCUT2D eigenvalue weighted by Crippen LogP contribution is 2.34. The number of nitrogens with zero attached hydrogens (tertiary/aromatic N) is 5. The number of rotatable bonds is 9. The average molecular weight is 588 g/mol. The molecular formula is C24H32F3N5O5SSi. The molecule has 3 aromatic rings. The first kappa shape index (κ1) is 29.2. The highest BCUT2D eigenvalue weighted by Gasteiger charge is 2.48. The van der Waals surface area contributed by atoms with Crippen LogP contribution in [0.4, 0.5) is 19.0 Å². The van der Waals surface area contributed by atoms with Gasteiger partial charge in [-0.1, -0.05) is 19.6 Å². The Morgan fingerprint density at radius 2 is 1.79 bits per heavy atom. The van der Waals surface area contributed by atoms with Crippen LogP contribution in [-0.4, -0.2) is 73.7 Å². The quantitative estimate of drug-likeness (QED) is 0.153. The normalized spacial score (nSPS) is 19.0. The van der Waals surface area contributed by atoms with Crippen LogP contribution >= 0.6 is 0 Å². The monoisotopic (exact) mass is 587 g/mol. The predicted molar refractivity (Wildman–Crippen MR) is 143 cm³/mol. The van der Waals surface area contributed by atoms with Crippen molar-refractivity contribution in [2.45, 2.75) is 64.0 Å². The smallest absolute Gasteiger partial charge is 0.376 e. The zero-order valence-electron chi connectivity index (χ0n) is 22.4. The predicted octanol–water partition coefficient (Wildman–Crippen LogP) is 4.65. The number of benzene rings is 1. The lowest BCUT2D eigenvalue weighted by Gasteiger charge is -2.36. The summed E-state index contributed by atoms with van der Waals surface area (Å²) in [7, 11) is -7.19. The molecule has 214 valence electrons. The zero-order chi connectivity index (χ0) is 28.6. The Kier molecular flexibility index (Phi) is 8.26. The molecule has 4 rings (SSSR count). The molecule has 1 fully saturated rings. The second-order valence-corrected chi connectivity index (χ2v) is 17.9. The lowest BCUT2D eigenvalue weighted by atomic mass is 10.1. The van der Waals surface area contributed by atoms with Crippen molar-refractivity contribution >= 4 is 34.9 Å². The highest BCUT2D eigenvalue weighted by atomic mass is 32.2. The van der Waals surface area contributed by atoms with Crippen LogP contribution in [0, 0.1) is 0 Å². The van der Waals surface area contributed by atoms with E-state index in [0.29, 0.717) is 47.8 Å². The molecule has 0 aliphatic carbocycles. The Balaban J connectivity index is 1.75. The van der Waals surface area contributed by atoms with Gasteiger partial charge in [-0.25, -0.2) is 14.6 Å². The van der Waals surface area contributed by atoms with Gasteiger partial charge < -0.3 is 18.6 Å². The summed E-state index contributed by atoms with van der Waals surface area (Å²) in [6.45, 7) is 12.5. The third-order valence-electron chi connectivity index (χ3n) is 6.05. The van der Waals surface area contributed by atoms with Crippen molar-refractivity contribution in [2.24, 2.45) is 0 Å². The lowest BCUT2D eigenvalue weighted by Crippen LogP contribution is -2.45. The first-order valence-corrected chi connectivity index (χ1v) is 17.6. The molecule has 0 amide bonds. The second-order valence-electron chi connectivity index (χ2n) is 10.8. The summed E-state index contributed by atoms with van der Waals surface area (Å²) >= 11 is 0. The van der Waals surface area contributed by atoms with Crippen LogP contribution in [0.15, 0.2) is 30.6 Å². The van der Waals surface area contributed by atoms with E-state index in [1.165, 1.54) is 18.5 Å². The summed E-state index contributed by atoms with van der Waals surface area (Å²) in [5.41, 5.74) is -4.28. The van der Waals surface area contributed by atoms with Crippen LogP contribution in [0.25, 0.3) is 22.3 Å². The van der Waals surface area contributed by atoms with Gasteiger partial charge in [0.1, 0.15) is 24.6 Å². The van der Waals surface area contributed by atoms with E-state index in [9.17, 15) is 21.6 Å². The zero-order valence-corrected chi connectivity index (χ0v) is 24.2. The minimum absolute atomic E-state index is 0.00595. The number of morpholine rings is 1. The number of halogens is 3. The van der Waals surface area contributed by atoms with Crippen molar-refractivity contribution in [3.8, 4) is 17.1 Å². The third kappa shape index (κ3) is 7.07. The molecule has 0 unspecified atom stereocenters. The van der Waals surface area contributed by atoms with Gasteiger partial charge in [0.2, 0.25) is 0 Å². The van der Waals surface area contributed by atoms with Gasteiger partial charge in [-0.3, -0.25) is 0 Å². The molecule has 3 heterocycles. The van der Waals surface area contributed by atoms with Crippen molar-refractivity contribution in [1.29, 1.82) is 0 Å². The Morgan fingerprint density at radius 3 is 2.44 bits per heavy atom. The Morgan fingerprint density at radius 1 is 1.10 bits per heavy atom. The van der Waals surface area contributed by atoms with Crippen molar-refractivity contribution in [3.63, 3.8) is 0 Å². The van der Waals surface area contributed by atoms with Crippen molar-refractivity contribution in [3.05, 3.63) is 30.6 Å². The van der Waals surface area contributed by atoms with Crippen molar-refractivity contribution in [1.82, 2.24) is 19.7 Å². The van der Waals surface area contributed by atoms with Gasteiger partial charge in [0.15, 0.2) is 0 Å². The molecule has 15 heteroatoms. The number of fused-ring (bicyclic) bond motifs is 1. The topological polar surface area (TPSA) is 109 Å². The molecule has 1 aromatic carbocycles. The van der Waals surface area contributed by atoms with Gasteiger partial charge in [0, 0.05) is 39.2 Å². The summed E-state index contributed by atoms with van der Waals surface area (Å²) < 4.78 is 79.7. The summed E-state index contributed by atoms with van der Waals surface area (Å²) in [5, 5.41) is 4.91. The van der Waals surface area contributed by atoms with Crippen LogP contribution in [0.2, 0.25) is 25.7 Å². The standard InChI is InChI=1S/C24H32F3N5O5SSi/c1-16-12-31(13-17(2)36-16)22-11-21(28-14-29-22)23-19-10-18(37-38(33,34)24(25,26)27)6-7-20(19)30-32(23)15-35-8-9-39(3,4)5/h6-7,10-11,14,16-17H,8-9,12-13,15H2,1-5H3/t16-,17+. The summed E-state index contributed by atoms with van der Waals surface area (Å²) in [5.74, 6) is 0.153. The molecule has 1 aliphatic heterocycles. The minimum atomic E-state index is -5.85. The molecule has 0 N–H and O–H groups in total. The molecule has 0 saturated carbocycles. The number of aromatic nitrogens is 4. The maximum Gasteiger partial charge on any atom is 0.534 e. The molecule has 1 aliphatic rings. The van der Waals surface area contributed by atoms with E-state index in [2.05, 4.69) is 43.8 Å². The van der Waals surface area contributed by atoms with Gasteiger partial charge in [0.05, 0.1) is 29.1 Å². The van der Waals surface area contributed by atoms with Gasteiger partial charge in [0.25, 0.3) is 0 Å². The Labute approximate surface area is 226 Å². The molecule has 2 atom stereocenters. The van der Waals surface area contributed by atoms with E-state index in [4.69, 9.17) is 9.47 Å². The van der Waals surface area contributed by atoms with E-state index in [-0.39, 0.29) is 18.9 Å². The largest absolute Gasteiger partial charge is 0.534 e. The van der Waals surface area contributed by atoms with Gasteiger partial charge in [-0.2, -0.15) is 26.7 Å². The van der Waals surface area contributed by atoms with E-state index in [0.717, 1.165) is 12.1 Å². The van der Waals surface area contributed by atoms with Crippen LogP contribution in [-0.2, 0) is 26.3 Å².